The van der Waals surface area contributed by atoms with Gasteiger partial charge in [0.2, 0.25) is 0 Å². The molecule has 1 aromatic heterocycles. The SMILES string of the molecule is C=N.CNc1ccc(-c2ccc(C(c3ccccc3)c3cc(N(c4ccccc4C)C4C=CC=CC4)cc(-n4c5ccccc5c5ccccc54)c3)cc2)cc1N(C)O.[Y]. The van der Waals surface area contributed by atoms with Crippen LogP contribution >= 0.6 is 0 Å². The van der Waals surface area contributed by atoms with Crippen molar-refractivity contribution in [3.05, 3.63) is 210 Å². The summed E-state index contributed by atoms with van der Waals surface area (Å²) in [6.07, 6.45) is 9.84. The van der Waals surface area contributed by atoms with E-state index in [0.29, 0.717) is 0 Å². The summed E-state index contributed by atoms with van der Waals surface area (Å²) in [5, 5.41) is 22.7. The molecular formula is C53H49N5OY. The number of para-hydroxylation sites is 3. The Hall–Kier alpha value is -6.05. The Morgan fingerprint density at radius 3 is 1.92 bits per heavy atom. The number of hydrogen-bond donors (Lipinski definition) is 3. The molecule has 9 rings (SSSR count). The average molecular weight is 861 g/mol. The number of benzene rings is 7. The van der Waals surface area contributed by atoms with Crippen LogP contribution in [0.25, 0.3) is 38.6 Å². The summed E-state index contributed by atoms with van der Waals surface area (Å²) in [7, 11) is 3.52. The number of nitrogens with one attached hydrogen (secondary N) is 2. The molecule has 7 heteroatoms. The van der Waals surface area contributed by atoms with Gasteiger partial charge in [0.1, 0.15) is 0 Å². The van der Waals surface area contributed by atoms with Crippen molar-refractivity contribution >= 4 is 51.3 Å². The van der Waals surface area contributed by atoms with Crippen LogP contribution in [0.15, 0.2) is 188 Å². The molecule has 1 aliphatic rings. The van der Waals surface area contributed by atoms with Crippen LogP contribution in [0.1, 0.15) is 34.6 Å². The minimum absolute atomic E-state index is 0. The molecule has 0 spiro atoms. The number of hydrogen-bond acceptors (Lipinski definition) is 5. The van der Waals surface area contributed by atoms with Gasteiger partial charge in [-0.2, -0.15) is 0 Å². The predicted molar refractivity (Wildman–Crippen MR) is 250 cm³/mol. The summed E-state index contributed by atoms with van der Waals surface area (Å²) < 4.78 is 2.44. The van der Waals surface area contributed by atoms with Crippen molar-refractivity contribution in [2.75, 3.05) is 29.4 Å². The number of allylic oxidation sites excluding steroid dienone is 2. The van der Waals surface area contributed by atoms with E-state index in [0.717, 1.165) is 45.4 Å². The van der Waals surface area contributed by atoms with Gasteiger partial charge in [-0.1, -0.05) is 140 Å². The van der Waals surface area contributed by atoms with Crippen molar-refractivity contribution in [2.24, 2.45) is 0 Å². The second-order valence-corrected chi connectivity index (χ2v) is 14.9. The molecule has 2 atom stereocenters. The molecule has 3 N–H and O–H groups in total. The van der Waals surface area contributed by atoms with E-state index in [4.69, 9.17) is 5.41 Å². The molecule has 1 heterocycles. The second kappa shape index (κ2) is 18.9. The fraction of sp³-hybridized carbons (Fsp3) is 0.113. The third kappa shape index (κ3) is 8.24. The van der Waals surface area contributed by atoms with Crippen LogP contribution in [0.5, 0.6) is 0 Å². The quantitative estimate of drug-likeness (QED) is 0.0728. The van der Waals surface area contributed by atoms with Crippen LogP contribution < -0.4 is 15.3 Å². The maximum Gasteiger partial charge on any atom is 0.0868 e. The Balaban J connectivity index is 0.00000179. The molecule has 1 aliphatic carbocycles. The summed E-state index contributed by atoms with van der Waals surface area (Å²) in [5.74, 6) is -0.0571. The van der Waals surface area contributed by atoms with E-state index in [1.54, 1.807) is 7.05 Å². The zero-order chi connectivity index (χ0) is 40.9. The van der Waals surface area contributed by atoms with E-state index in [1.807, 2.05) is 19.2 Å². The van der Waals surface area contributed by atoms with E-state index < -0.39 is 0 Å². The molecule has 0 fully saturated rings. The molecule has 0 bridgehead atoms. The Morgan fingerprint density at radius 1 is 0.667 bits per heavy atom. The van der Waals surface area contributed by atoms with Gasteiger partial charge in [0.05, 0.1) is 28.5 Å². The zero-order valence-electron chi connectivity index (χ0n) is 34.3. The molecule has 0 saturated heterocycles. The first-order valence-electron chi connectivity index (χ1n) is 20.1. The molecule has 6 nitrogen and oxygen atoms in total. The monoisotopic (exact) mass is 860 g/mol. The largest absolute Gasteiger partial charge is 0.386 e. The fourth-order valence-corrected chi connectivity index (χ4v) is 8.64. The van der Waals surface area contributed by atoms with E-state index in [2.05, 4.69) is 204 Å². The van der Waals surface area contributed by atoms with Gasteiger partial charge in [-0.15, -0.1) is 0 Å². The summed E-state index contributed by atoms with van der Waals surface area (Å²) in [4.78, 5) is 2.53. The van der Waals surface area contributed by atoms with Crippen LogP contribution in [0.2, 0.25) is 0 Å². The van der Waals surface area contributed by atoms with Crippen molar-refractivity contribution < 1.29 is 37.9 Å². The summed E-state index contributed by atoms with van der Waals surface area (Å²) >= 11 is 0. The van der Waals surface area contributed by atoms with E-state index in [1.165, 1.54) is 49.7 Å². The smallest absolute Gasteiger partial charge is 0.0868 e. The van der Waals surface area contributed by atoms with E-state index >= 15 is 0 Å². The minimum Gasteiger partial charge on any atom is -0.386 e. The number of hydroxylamine groups is 1. The average Bonchev–Trinajstić information content (AvgIpc) is 3.63. The molecule has 60 heavy (non-hydrogen) atoms. The Morgan fingerprint density at radius 2 is 1.28 bits per heavy atom. The molecule has 0 aliphatic heterocycles. The summed E-state index contributed by atoms with van der Waals surface area (Å²) in [6.45, 7) is 4.71. The Bertz CT molecular complexity index is 2740. The van der Waals surface area contributed by atoms with Crippen LogP contribution in [0, 0.1) is 12.3 Å². The van der Waals surface area contributed by atoms with Crippen LogP contribution in [0.4, 0.5) is 22.7 Å². The van der Waals surface area contributed by atoms with E-state index in [9.17, 15) is 5.21 Å². The second-order valence-electron chi connectivity index (χ2n) is 14.9. The van der Waals surface area contributed by atoms with Gasteiger partial charge in [-0.3, -0.25) is 10.3 Å². The molecule has 295 valence electrons. The molecule has 0 saturated carbocycles. The number of aryl methyl sites for hydroxylation is 1. The molecule has 8 aromatic rings. The normalized spacial score (nSPS) is 13.6. The topological polar surface area (TPSA) is 67.5 Å². The summed E-state index contributed by atoms with van der Waals surface area (Å²) in [5.41, 5.74) is 14.4. The van der Waals surface area contributed by atoms with Crippen molar-refractivity contribution in [3.63, 3.8) is 0 Å². The number of aromatic nitrogens is 1. The maximum atomic E-state index is 10.4. The molecule has 1 radical (unpaired) electrons. The molecule has 0 amide bonds. The number of nitrogens with zero attached hydrogens (tertiary/aromatic N) is 3. The van der Waals surface area contributed by atoms with Gasteiger partial charge >= 0.3 is 0 Å². The Kier molecular flexibility index (Phi) is 13.3. The molecule has 7 aromatic carbocycles. The summed E-state index contributed by atoms with van der Waals surface area (Å²) in [6, 6.07) is 59.6. The van der Waals surface area contributed by atoms with Gasteiger partial charge in [-0.25, -0.2) is 0 Å². The molecular weight excluding hydrogens is 812 g/mol. The number of fused-ring (bicyclic) bond motifs is 3. The van der Waals surface area contributed by atoms with Crippen molar-refractivity contribution in [1.82, 2.24) is 4.57 Å². The van der Waals surface area contributed by atoms with Crippen molar-refractivity contribution in [2.45, 2.75) is 25.3 Å². The van der Waals surface area contributed by atoms with Crippen LogP contribution in [0.3, 0.4) is 0 Å². The van der Waals surface area contributed by atoms with Gasteiger partial charge in [0.15, 0.2) is 0 Å². The first kappa shape index (κ1) is 42.1. The third-order valence-corrected chi connectivity index (χ3v) is 11.4. The fourth-order valence-electron chi connectivity index (χ4n) is 8.64. The third-order valence-electron chi connectivity index (χ3n) is 11.4. The minimum atomic E-state index is -0.0571. The zero-order valence-corrected chi connectivity index (χ0v) is 37.2. The van der Waals surface area contributed by atoms with Gasteiger partial charge in [-0.05, 0) is 102 Å². The first-order valence-corrected chi connectivity index (χ1v) is 20.1. The van der Waals surface area contributed by atoms with Crippen LogP contribution in [-0.2, 0) is 32.7 Å². The predicted octanol–water partition coefficient (Wildman–Crippen LogP) is 13.1. The first-order chi connectivity index (χ1) is 29.0. The van der Waals surface area contributed by atoms with E-state index in [-0.39, 0.29) is 44.7 Å². The van der Waals surface area contributed by atoms with Crippen LogP contribution in [-0.4, -0.2) is 36.6 Å². The number of anilines is 4. The Labute approximate surface area is 378 Å². The molecule has 2 unspecified atom stereocenters. The van der Waals surface area contributed by atoms with Crippen molar-refractivity contribution in [3.8, 4) is 16.8 Å². The number of rotatable bonds is 10. The van der Waals surface area contributed by atoms with Crippen molar-refractivity contribution in [1.29, 1.82) is 5.41 Å². The van der Waals surface area contributed by atoms with Gasteiger partial charge in [0.25, 0.3) is 0 Å². The maximum absolute atomic E-state index is 10.4. The van der Waals surface area contributed by atoms with Gasteiger partial charge < -0.3 is 20.2 Å². The van der Waals surface area contributed by atoms with Gasteiger partial charge in [0, 0.05) is 80.6 Å². The standard InChI is InChI=1S/C52H46N4O.CH3N.Y/c1-36-16-10-13-23-48(36)55(42-19-8-5-9-20-42)43-32-41(33-44(35-43)56-49-24-14-11-21-45(49)46-22-12-15-25-50(46)56)52(38-17-6-4-7-18-38)39-28-26-37(27-29-39)40-30-31-47(53-2)51(34-40)54(3)57;1-2;/h4-19,21-35,42,52-53,57H,20H2,1-3H3;2H,1H2;.